The SMILES string of the molecule is CC1(C)CC[C@@H]2[C@@H]([C@@H](c3ccc(F)cc3)c3cccc(F)c3)N3/N=C\COCC(O)=C3C(=O)N21. The molecule has 5 rings (SSSR count). The number of hydrogen-bond acceptors (Lipinski definition) is 5. The van der Waals surface area contributed by atoms with Gasteiger partial charge >= 0.3 is 0 Å². The van der Waals surface area contributed by atoms with E-state index in [0.29, 0.717) is 12.0 Å². The van der Waals surface area contributed by atoms with Gasteiger partial charge in [0.2, 0.25) is 0 Å². The minimum atomic E-state index is -0.460. The van der Waals surface area contributed by atoms with Crippen molar-refractivity contribution in [2.75, 3.05) is 13.2 Å². The van der Waals surface area contributed by atoms with E-state index in [0.717, 1.165) is 12.0 Å². The maximum Gasteiger partial charge on any atom is 0.276 e. The smallest absolute Gasteiger partial charge is 0.276 e. The number of hydrazone groups is 1. The van der Waals surface area contributed by atoms with Crippen LogP contribution in [0.25, 0.3) is 0 Å². The van der Waals surface area contributed by atoms with E-state index in [9.17, 15) is 18.7 Å². The van der Waals surface area contributed by atoms with Crippen molar-refractivity contribution < 1.29 is 23.4 Å². The number of rotatable bonds is 3. The van der Waals surface area contributed by atoms with Crippen LogP contribution in [0.5, 0.6) is 0 Å². The van der Waals surface area contributed by atoms with Crippen molar-refractivity contribution in [3.05, 3.63) is 82.7 Å². The topological polar surface area (TPSA) is 65.4 Å². The van der Waals surface area contributed by atoms with Crippen molar-refractivity contribution >= 4 is 12.1 Å². The number of amides is 1. The second-order valence-electron chi connectivity index (χ2n) is 9.62. The zero-order valence-corrected chi connectivity index (χ0v) is 19.1. The van der Waals surface area contributed by atoms with Gasteiger partial charge in [-0.15, -0.1) is 0 Å². The molecule has 1 amide bonds. The molecule has 3 aliphatic heterocycles. The Balaban J connectivity index is 1.75. The molecule has 0 aromatic heterocycles. The number of ether oxygens (including phenoxy) is 1. The fourth-order valence-corrected chi connectivity index (χ4v) is 5.58. The van der Waals surface area contributed by atoms with Gasteiger partial charge in [0.1, 0.15) is 24.0 Å². The Morgan fingerprint density at radius 2 is 1.88 bits per heavy atom. The summed E-state index contributed by atoms with van der Waals surface area (Å²) < 4.78 is 33.6. The Bertz CT molecular complexity index is 1160. The zero-order valence-electron chi connectivity index (χ0n) is 19.1. The molecule has 178 valence electrons. The van der Waals surface area contributed by atoms with Crippen LogP contribution in [-0.4, -0.2) is 58.0 Å². The number of halogens is 2. The minimum Gasteiger partial charge on any atom is -0.507 e. The first-order chi connectivity index (χ1) is 16.3. The highest BCUT2D eigenvalue weighted by molar-refractivity contribution is 5.95. The molecule has 1 N–H and O–H groups in total. The van der Waals surface area contributed by atoms with Gasteiger partial charge in [-0.3, -0.25) is 9.80 Å². The van der Waals surface area contributed by atoms with E-state index in [4.69, 9.17) is 4.74 Å². The predicted octanol–water partition coefficient (Wildman–Crippen LogP) is 4.34. The fourth-order valence-electron chi connectivity index (χ4n) is 5.58. The third kappa shape index (κ3) is 3.76. The predicted molar refractivity (Wildman–Crippen MR) is 123 cm³/mol. The molecule has 2 aromatic carbocycles. The molecule has 0 unspecified atom stereocenters. The summed E-state index contributed by atoms with van der Waals surface area (Å²) in [4.78, 5) is 15.5. The summed E-state index contributed by atoms with van der Waals surface area (Å²) in [5, 5.41) is 17.0. The molecule has 6 nitrogen and oxygen atoms in total. The first-order valence-electron chi connectivity index (χ1n) is 11.4. The number of fused-ring (bicyclic) bond motifs is 2. The number of piperazine rings is 1. The average molecular weight is 468 g/mol. The van der Waals surface area contributed by atoms with Crippen molar-refractivity contribution in [3.63, 3.8) is 0 Å². The lowest BCUT2D eigenvalue weighted by molar-refractivity contribution is -0.142. The highest BCUT2D eigenvalue weighted by Gasteiger charge is 2.56. The third-order valence-corrected chi connectivity index (χ3v) is 7.05. The second kappa shape index (κ2) is 8.51. The van der Waals surface area contributed by atoms with Gasteiger partial charge in [0.25, 0.3) is 5.91 Å². The van der Waals surface area contributed by atoms with Crippen LogP contribution in [-0.2, 0) is 9.53 Å². The van der Waals surface area contributed by atoms with Crippen LogP contribution in [0.3, 0.4) is 0 Å². The number of nitrogens with zero attached hydrogens (tertiary/aromatic N) is 3. The number of aliphatic hydroxyl groups excluding tert-OH is 1. The molecule has 0 spiro atoms. The molecular formula is C26H27F2N3O3. The van der Waals surface area contributed by atoms with E-state index in [-0.39, 0.29) is 48.3 Å². The summed E-state index contributed by atoms with van der Waals surface area (Å²) in [6.45, 7) is 4.08. The molecule has 0 saturated carbocycles. The van der Waals surface area contributed by atoms with Crippen LogP contribution >= 0.6 is 0 Å². The van der Waals surface area contributed by atoms with Gasteiger partial charge in [-0.05, 0) is 62.1 Å². The van der Waals surface area contributed by atoms with Gasteiger partial charge in [0.05, 0.1) is 24.9 Å². The summed E-state index contributed by atoms with van der Waals surface area (Å²) in [7, 11) is 0. The van der Waals surface area contributed by atoms with E-state index in [2.05, 4.69) is 5.10 Å². The number of hydrogen-bond donors (Lipinski definition) is 1. The van der Waals surface area contributed by atoms with Gasteiger partial charge in [-0.2, -0.15) is 5.10 Å². The Labute approximate surface area is 197 Å². The van der Waals surface area contributed by atoms with E-state index < -0.39 is 17.5 Å². The molecule has 3 heterocycles. The Morgan fingerprint density at radius 1 is 1.12 bits per heavy atom. The van der Waals surface area contributed by atoms with E-state index in [1.54, 1.807) is 29.4 Å². The minimum absolute atomic E-state index is 0.0655. The second-order valence-corrected chi connectivity index (χ2v) is 9.62. The molecule has 8 heteroatoms. The van der Waals surface area contributed by atoms with Crippen molar-refractivity contribution in [2.24, 2.45) is 5.10 Å². The molecule has 2 saturated heterocycles. The standard InChI is InChI=1S/C26H27F2N3O3/c1-26(2)11-10-20-23(31-24(25(33)30(20)26)21(32)15-34-13-12-29-31)22(16-6-8-18(27)9-7-16)17-4-3-5-19(28)14-17/h3-9,12,14,20,22-23,32H,10-11,13,15H2,1-2H3/b24-21?,29-12-/t20-,22+,23+/m1/s1. The van der Waals surface area contributed by atoms with Crippen molar-refractivity contribution in [2.45, 2.75) is 50.2 Å². The Hall–Kier alpha value is -3.26. The fraction of sp³-hybridized carbons (Fsp3) is 0.385. The number of benzene rings is 2. The van der Waals surface area contributed by atoms with Crippen LogP contribution in [0, 0.1) is 11.6 Å². The third-order valence-electron chi connectivity index (χ3n) is 7.05. The average Bonchev–Trinajstić information content (AvgIpc) is 3.10. The quantitative estimate of drug-likeness (QED) is 0.730. The van der Waals surface area contributed by atoms with Crippen LogP contribution in [0.15, 0.2) is 65.1 Å². The molecular weight excluding hydrogens is 440 g/mol. The van der Waals surface area contributed by atoms with Crippen LogP contribution in [0.2, 0.25) is 0 Å². The van der Waals surface area contributed by atoms with Gasteiger partial charge in [0.15, 0.2) is 5.70 Å². The Kier molecular flexibility index (Phi) is 5.64. The Morgan fingerprint density at radius 3 is 2.62 bits per heavy atom. The molecule has 0 radical (unpaired) electrons. The lowest BCUT2D eigenvalue weighted by atomic mass is 9.79. The van der Waals surface area contributed by atoms with E-state index in [1.807, 2.05) is 24.8 Å². The molecule has 0 bridgehead atoms. The number of carbonyl (C=O) groups excluding carboxylic acids is 1. The van der Waals surface area contributed by atoms with Crippen LogP contribution in [0.4, 0.5) is 8.78 Å². The van der Waals surface area contributed by atoms with Crippen LogP contribution < -0.4 is 0 Å². The first-order valence-corrected chi connectivity index (χ1v) is 11.4. The summed E-state index contributed by atoms with van der Waals surface area (Å²) in [6, 6.07) is 11.7. The summed E-state index contributed by atoms with van der Waals surface area (Å²) >= 11 is 0. The molecule has 2 aromatic rings. The van der Waals surface area contributed by atoms with Crippen LogP contribution in [0.1, 0.15) is 43.7 Å². The summed E-state index contributed by atoms with van der Waals surface area (Å²) in [5.74, 6) is -1.70. The molecule has 2 fully saturated rings. The van der Waals surface area contributed by atoms with E-state index >= 15 is 0 Å². The normalized spacial score (nSPS) is 25.9. The summed E-state index contributed by atoms with van der Waals surface area (Å²) in [6.07, 6.45) is 3.05. The number of carbonyl (C=O) groups is 1. The first kappa shape index (κ1) is 22.5. The lowest BCUT2D eigenvalue weighted by Gasteiger charge is -2.50. The van der Waals surface area contributed by atoms with Crippen molar-refractivity contribution in [1.82, 2.24) is 9.91 Å². The zero-order chi connectivity index (χ0) is 24.0. The lowest BCUT2D eigenvalue weighted by Crippen LogP contribution is -2.63. The largest absolute Gasteiger partial charge is 0.507 e. The molecule has 3 atom stereocenters. The monoisotopic (exact) mass is 467 g/mol. The van der Waals surface area contributed by atoms with Gasteiger partial charge < -0.3 is 14.7 Å². The van der Waals surface area contributed by atoms with Gasteiger partial charge in [0, 0.05) is 11.5 Å². The summed E-state index contributed by atoms with van der Waals surface area (Å²) in [5.41, 5.74) is 1.07. The molecule has 0 aliphatic carbocycles. The highest BCUT2D eigenvalue weighted by atomic mass is 19.1. The number of aliphatic hydroxyl groups is 1. The highest BCUT2D eigenvalue weighted by Crippen LogP contribution is 2.47. The van der Waals surface area contributed by atoms with Crippen molar-refractivity contribution in [1.29, 1.82) is 0 Å². The van der Waals surface area contributed by atoms with E-state index in [1.165, 1.54) is 24.3 Å². The molecule has 34 heavy (non-hydrogen) atoms. The molecule has 3 aliphatic rings. The van der Waals surface area contributed by atoms with Gasteiger partial charge in [-0.1, -0.05) is 24.3 Å². The maximum atomic E-state index is 14.4. The van der Waals surface area contributed by atoms with Gasteiger partial charge in [-0.25, -0.2) is 8.78 Å². The maximum absolute atomic E-state index is 14.4. The van der Waals surface area contributed by atoms with Crippen molar-refractivity contribution in [3.8, 4) is 0 Å².